The van der Waals surface area contributed by atoms with Crippen molar-refractivity contribution in [1.82, 2.24) is 9.80 Å². The van der Waals surface area contributed by atoms with Crippen molar-refractivity contribution in [3.05, 3.63) is 83.4 Å². The van der Waals surface area contributed by atoms with Crippen LogP contribution in [0.5, 0.6) is 11.5 Å². The molecule has 0 aliphatic carbocycles. The summed E-state index contributed by atoms with van der Waals surface area (Å²) in [5.41, 5.74) is 1.02. The van der Waals surface area contributed by atoms with Crippen molar-refractivity contribution in [1.29, 1.82) is 0 Å². The number of likely N-dealkylation sites (N-methyl/N-ethyl adjacent to an activating group) is 1. The molecule has 0 saturated carbocycles. The van der Waals surface area contributed by atoms with Crippen molar-refractivity contribution in [2.75, 3.05) is 44.5 Å². The van der Waals surface area contributed by atoms with Gasteiger partial charge < -0.3 is 30.1 Å². The molecule has 3 amide bonds. The molecule has 44 heavy (non-hydrogen) atoms. The van der Waals surface area contributed by atoms with Crippen molar-refractivity contribution >= 4 is 23.3 Å². The topological polar surface area (TPSA) is 103 Å². The normalized spacial score (nSPS) is 17.7. The molecule has 9 nitrogen and oxygen atoms in total. The fraction of sp³-hybridized carbons (Fsp3) is 0.375. The number of benzene rings is 3. The van der Waals surface area contributed by atoms with Crippen LogP contribution in [0, 0.1) is 5.92 Å². The van der Waals surface area contributed by atoms with Crippen molar-refractivity contribution in [2.24, 2.45) is 5.92 Å². The van der Waals surface area contributed by atoms with Crippen LogP contribution in [0.1, 0.15) is 35.3 Å². The summed E-state index contributed by atoms with van der Waals surface area (Å²) in [6.45, 7) is 4.46. The zero-order chi connectivity index (χ0) is 32.0. The summed E-state index contributed by atoms with van der Waals surface area (Å²) in [7, 11) is 3.38. The number of aliphatic hydroxyl groups excluding tert-OH is 1. The molecule has 0 fully saturated rings. The van der Waals surface area contributed by atoms with Gasteiger partial charge in [-0.2, -0.15) is 13.2 Å². The molecule has 3 aromatic carbocycles. The van der Waals surface area contributed by atoms with Gasteiger partial charge in [-0.1, -0.05) is 25.1 Å². The highest BCUT2D eigenvalue weighted by atomic mass is 19.4. The molecule has 0 unspecified atom stereocenters. The van der Waals surface area contributed by atoms with Crippen molar-refractivity contribution in [3.8, 4) is 11.5 Å². The van der Waals surface area contributed by atoms with Crippen LogP contribution in [-0.2, 0) is 12.7 Å². The Hall–Kier alpha value is -4.29. The Morgan fingerprint density at radius 2 is 1.80 bits per heavy atom. The summed E-state index contributed by atoms with van der Waals surface area (Å²) in [6, 6.07) is 15.7. The number of nitrogens with one attached hydrogen (secondary N) is 2. The van der Waals surface area contributed by atoms with Crippen molar-refractivity contribution < 1.29 is 37.3 Å². The maximum atomic E-state index is 13.7. The van der Waals surface area contributed by atoms with Crippen LogP contribution < -0.4 is 20.1 Å². The molecule has 4 rings (SSSR count). The minimum absolute atomic E-state index is 0.192. The predicted molar refractivity (Wildman–Crippen MR) is 161 cm³/mol. The minimum Gasteiger partial charge on any atom is -0.497 e. The summed E-state index contributed by atoms with van der Waals surface area (Å²) < 4.78 is 50.7. The number of amides is 3. The lowest BCUT2D eigenvalue weighted by molar-refractivity contribution is -0.137. The van der Waals surface area contributed by atoms with Gasteiger partial charge >= 0.3 is 12.2 Å². The number of carbonyl (C=O) groups is 2. The number of hydrogen-bond donors (Lipinski definition) is 3. The Labute approximate surface area is 254 Å². The third-order valence-corrected chi connectivity index (χ3v) is 7.51. The van der Waals surface area contributed by atoms with Gasteiger partial charge in [0.15, 0.2) is 5.75 Å². The average Bonchev–Trinajstić information content (AvgIpc) is 2.99. The van der Waals surface area contributed by atoms with Crippen LogP contribution in [0.25, 0.3) is 0 Å². The number of carbonyl (C=O) groups excluding carboxylic acids is 2. The number of anilines is 2. The Balaban J connectivity index is 1.59. The van der Waals surface area contributed by atoms with Gasteiger partial charge in [-0.15, -0.1) is 0 Å². The molecule has 0 saturated heterocycles. The highest BCUT2D eigenvalue weighted by Crippen LogP contribution is 2.35. The van der Waals surface area contributed by atoms with E-state index >= 15 is 0 Å². The lowest BCUT2D eigenvalue weighted by Crippen LogP contribution is -2.49. The number of rotatable bonds is 9. The van der Waals surface area contributed by atoms with Crippen LogP contribution in [0.4, 0.5) is 29.3 Å². The Kier molecular flexibility index (Phi) is 10.4. The number of halogens is 3. The van der Waals surface area contributed by atoms with Crippen LogP contribution in [0.2, 0.25) is 0 Å². The van der Waals surface area contributed by atoms with E-state index in [2.05, 4.69) is 10.6 Å². The smallest absolute Gasteiger partial charge is 0.416 e. The lowest BCUT2D eigenvalue weighted by atomic mass is 9.98. The van der Waals surface area contributed by atoms with E-state index in [9.17, 15) is 27.9 Å². The van der Waals surface area contributed by atoms with Gasteiger partial charge in [0, 0.05) is 31.2 Å². The van der Waals surface area contributed by atoms with Gasteiger partial charge in [-0.05, 0) is 68.1 Å². The SMILES string of the molecule is COc1ccc(NC(=O)Nc2cccc3c2O[C@H](CN(C)Cc2ccc(C(F)(F)F)cc2)[C@H](C)CN([C@@H](C)CO)C3=O)cc1. The maximum absolute atomic E-state index is 13.7. The third kappa shape index (κ3) is 8.00. The summed E-state index contributed by atoms with van der Waals surface area (Å²) in [5.74, 6) is 0.274. The average molecular weight is 615 g/mol. The molecule has 0 aromatic heterocycles. The molecule has 0 spiro atoms. The molecular weight excluding hydrogens is 577 g/mol. The van der Waals surface area contributed by atoms with Crippen LogP contribution in [-0.4, -0.2) is 72.8 Å². The fourth-order valence-electron chi connectivity index (χ4n) is 5.00. The minimum atomic E-state index is -4.41. The fourth-order valence-corrected chi connectivity index (χ4v) is 5.00. The molecule has 1 aliphatic rings. The summed E-state index contributed by atoms with van der Waals surface area (Å²) in [4.78, 5) is 30.2. The van der Waals surface area contributed by atoms with E-state index in [4.69, 9.17) is 9.47 Å². The molecule has 3 N–H and O–H groups in total. The van der Waals surface area contributed by atoms with E-state index in [1.807, 2.05) is 18.9 Å². The number of nitrogens with zero attached hydrogens (tertiary/aromatic N) is 2. The molecule has 3 aromatic rings. The second-order valence-electron chi connectivity index (χ2n) is 11.0. The van der Waals surface area contributed by atoms with Crippen LogP contribution in [0.3, 0.4) is 0 Å². The molecule has 12 heteroatoms. The van der Waals surface area contributed by atoms with Gasteiger partial charge in [-0.25, -0.2) is 4.79 Å². The highest BCUT2D eigenvalue weighted by Gasteiger charge is 2.35. The molecule has 0 bridgehead atoms. The number of hydrogen-bond acceptors (Lipinski definition) is 6. The standard InChI is InChI=1S/C32H37F3N4O5/c1-20-16-39(21(2)19-40)30(41)26-6-5-7-27(37-31(42)36-24-12-14-25(43-4)15-13-24)29(26)44-28(20)18-38(3)17-22-8-10-23(11-9-22)32(33,34)35/h5-15,20-21,28,40H,16-19H2,1-4H3,(H2,36,37,42)/t20-,21+,28-/m1/s1. The number of fused-ring (bicyclic) bond motifs is 1. The molecule has 0 radical (unpaired) electrons. The number of aliphatic hydroxyl groups is 1. The van der Waals surface area contributed by atoms with Crippen molar-refractivity contribution in [2.45, 2.75) is 38.7 Å². The predicted octanol–water partition coefficient (Wildman–Crippen LogP) is 5.71. The van der Waals surface area contributed by atoms with Crippen LogP contribution in [0.15, 0.2) is 66.7 Å². The summed E-state index contributed by atoms with van der Waals surface area (Å²) in [6.07, 6.45) is -4.89. The van der Waals surface area contributed by atoms with Gasteiger partial charge in [0.1, 0.15) is 11.9 Å². The van der Waals surface area contributed by atoms with E-state index in [1.54, 1.807) is 61.4 Å². The van der Waals surface area contributed by atoms with E-state index in [-0.39, 0.29) is 35.4 Å². The molecule has 1 aliphatic heterocycles. The summed E-state index contributed by atoms with van der Waals surface area (Å²) in [5, 5.41) is 15.5. The van der Waals surface area contributed by atoms with Gasteiger partial charge in [-0.3, -0.25) is 9.69 Å². The molecular formula is C32H37F3N4O5. The zero-order valence-electron chi connectivity index (χ0n) is 25.0. The maximum Gasteiger partial charge on any atom is 0.416 e. The first-order valence-electron chi connectivity index (χ1n) is 14.2. The Bertz CT molecular complexity index is 1430. The number of ether oxygens (including phenoxy) is 2. The molecule has 3 atom stereocenters. The summed E-state index contributed by atoms with van der Waals surface area (Å²) >= 11 is 0. The van der Waals surface area contributed by atoms with Gasteiger partial charge in [0.05, 0.1) is 36.6 Å². The van der Waals surface area contributed by atoms with E-state index in [1.165, 1.54) is 12.1 Å². The molecule has 236 valence electrons. The largest absolute Gasteiger partial charge is 0.497 e. The number of urea groups is 1. The number of methoxy groups -OCH3 is 1. The van der Waals surface area contributed by atoms with E-state index in [0.717, 1.165) is 12.1 Å². The number of alkyl halides is 3. The van der Waals surface area contributed by atoms with E-state index in [0.29, 0.717) is 36.6 Å². The third-order valence-electron chi connectivity index (χ3n) is 7.51. The Morgan fingerprint density at radius 1 is 1.11 bits per heavy atom. The van der Waals surface area contributed by atoms with Crippen LogP contribution >= 0.6 is 0 Å². The first-order chi connectivity index (χ1) is 20.9. The second-order valence-corrected chi connectivity index (χ2v) is 11.0. The quantitative estimate of drug-likeness (QED) is 0.285. The lowest BCUT2D eigenvalue weighted by Gasteiger charge is -2.38. The highest BCUT2D eigenvalue weighted by molar-refractivity contribution is 6.04. The van der Waals surface area contributed by atoms with Gasteiger partial charge in [0.2, 0.25) is 0 Å². The molecule has 1 heterocycles. The first kappa shape index (κ1) is 32.6. The number of para-hydroxylation sites is 1. The monoisotopic (exact) mass is 614 g/mol. The van der Waals surface area contributed by atoms with Gasteiger partial charge in [0.25, 0.3) is 5.91 Å². The second kappa shape index (κ2) is 14.0. The van der Waals surface area contributed by atoms with E-state index < -0.39 is 29.9 Å². The first-order valence-corrected chi connectivity index (χ1v) is 14.2. The zero-order valence-corrected chi connectivity index (χ0v) is 25.0. The van der Waals surface area contributed by atoms with Crippen molar-refractivity contribution in [3.63, 3.8) is 0 Å². The Morgan fingerprint density at radius 3 is 2.41 bits per heavy atom.